The molecule has 1 aliphatic rings. The molecule has 1 fully saturated rings. The van der Waals surface area contributed by atoms with Crippen molar-refractivity contribution in [3.05, 3.63) is 18.2 Å². The van der Waals surface area contributed by atoms with Crippen LogP contribution in [0.3, 0.4) is 0 Å². The molecule has 0 aliphatic heterocycles. The minimum absolute atomic E-state index is 0.0734. The van der Waals surface area contributed by atoms with E-state index in [4.69, 9.17) is 9.47 Å². The highest BCUT2D eigenvalue weighted by molar-refractivity contribution is 5.59. The molecule has 0 amide bonds. The van der Waals surface area contributed by atoms with E-state index >= 15 is 0 Å². The minimum atomic E-state index is 0.0734. The van der Waals surface area contributed by atoms with Crippen molar-refractivity contribution in [3.63, 3.8) is 0 Å². The predicted octanol–water partition coefficient (Wildman–Crippen LogP) is 3.59. The molecule has 0 bridgehead atoms. The zero-order chi connectivity index (χ0) is 14.4. The summed E-state index contributed by atoms with van der Waals surface area (Å²) in [5.74, 6) is 1.60. The lowest BCUT2D eigenvalue weighted by molar-refractivity contribution is 0.394. The van der Waals surface area contributed by atoms with E-state index in [0.29, 0.717) is 0 Å². The summed E-state index contributed by atoms with van der Waals surface area (Å²) in [7, 11) is 3.29. The number of nitrogens with zero attached hydrogens (tertiary/aromatic N) is 1. The maximum atomic E-state index is 9.33. The Hall–Kier alpha value is -1.89. The molecule has 1 aromatic carbocycles. The lowest BCUT2D eigenvalue weighted by atomic mass is 9.96. The van der Waals surface area contributed by atoms with Crippen LogP contribution < -0.4 is 14.8 Å². The number of hydrogen-bond donors (Lipinski definition) is 1. The number of nitriles is 1. The normalized spacial score (nSPS) is 22.4. The number of ether oxygens (including phenoxy) is 2. The first-order chi connectivity index (χ1) is 9.78. The molecular formula is C16H22N2O2. The molecule has 20 heavy (non-hydrogen) atoms. The van der Waals surface area contributed by atoms with Gasteiger partial charge in [-0.3, -0.25) is 0 Å². The minimum Gasteiger partial charge on any atom is -0.497 e. The summed E-state index contributed by atoms with van der Waals surface area (Å²) in [5.41, 5.74) is 0.931. The zero-order valence-electron chi connectivity index (χ0n) is 12.2. The first-order valence-corrected chi connectivity index (χ1v) is 7.16. The summed E-state index contributed by atoms with van der Waals surface area (Å²) >= 11 is 0. The predicted molar refractivity (Wildman–Crippen MR) is 79.1 cm³/mol. The summed E-state index contributed by atoms with van der Waals surface area (Å²) in [4.78, 5) is 0. The fourth-order valence-electron chi connectivity index (χ4n) is 2.75. The van der Waals surface area contributed by atoms with E-state index in [2.05, 4.69) is 11.4 Å². The number of anilines is 1. The molecule has 0 aromatic heterocycles. The van der Waals surface area contributed by atoms with Crippen LogP contribution in [0.15, 0.2) is 18.2 Å². The first kappa shape index (κ1) is 14.5. The van der Waals surface area contributed by atoms with Gasteiger partial charge < -0.3 is 14.8 Å². The topological polar surface area (TPSA) is 54.3 Å². The molecule has 2 atom stereocenters. The van der Waals surface area contributed by atoms with Gasteiger partial charge in [0.25, 0.3) is 0 Å². The van der Waals surface area contributed by atoms with Crippen molar-refractivity contribution in [2.75, 3.05) is 19.5 Å². The number of methoxy groups -OCH3 is 2. The molecule has 0 radical (unpaired) electrons. The third kappa shape index (κ3) is 3.36. The summed E-state index contributed by atoms with van der Waals surface area (Å²) in [6.07, 6.45) is 5.56. The maximum absolute atomic E-state index is 9.33. The van der Waals surface area contributed by atoms with Crippen molar-refractivity contribution in [1.29, 1.82) is 5.26 Å². The molecule has 2 unspecified atom stereocenters. The zero-order valence-corrected chi connectivity index (χ0v) is 12.2. The largest absolute Gasteiger partial charge is 0.497 e. The Balaban J connectivity index is 2.17. The van der Waals surface area contributed by atoms with Gasteiger partial charge in [-0.15, -0.1) is 0 Å². The fourth-order valence-corrected chi connectivity index (χ4v) is 2.75. The second-order valence-electron chi connectivity index (χ2n) is 5.19. The quantitative estimate of drug-likeness (QED) is 0.852. The molecule has 0 heterocycles. The lowest BCUT2D eigenvalue weighted by Crippen LogP contribution is -2.27. The second kappa shape index (κ2) is 7.04. The Morgan fingerprint density at radius 1 is 1.15 bits per heavy atom. The van der Waals surface area contributed by atoms with Crippen LogP contribution in [0.2, 0.25) is 0 Å². The number of benzene rings is 1. The van der Waals surface area contributed by atoms with Crippen LogP contribution in [0, 0.1) is 17.2 Å². The van der Waals surface area contributed by atoms with Gasteiger partial charge in [0, 0.05) is 12.1 Å². The maximum Gasteiger partial charge on any atom is 0.145 e. The third-order valence-corrected chi connectivity index (χ3v) is 3.93. The average molecular weight is 274 g/mol. The van der Waals surface area contributed by atoms with Crippen LogP contribution in [0.25, 0.3) is 0 Å². The molecule has 2 rings (SSSR count). The van der Waals surface area contributed by atoms with Crippen molar-refractivity contribution >= 4 is 5.69 Å². The first-order valence-electron chi connectivity index (χ1n) is 7.16. The van der Waals surface area contributed by atoms with Gasteiger partial charge in [0.05, 0.1) is 31.9 Å². The fraction of sp³-hybridized carbons (Fsp3) is 0.562. The molecule has 4 heteroatoms. The van der Waals surface area contributed by atoms with E-state index in [1.807, 2.05) is 18.2 Å². The van der Waals surface area contributed by atoms with Crippen molar-refractivity contribution < 1.29 is 9.47 Å². The Labute approximate surface area is 120 Å². The molecule has 108 valence electrons. The molecule has 1 aliphatic carbocycles. The van der Waals surface area contributed by atoms with Gasteiger partial charge in [-0.1, -0.05) is 19.3 Å². The molecule has 0 spiro atoms. The van der Waals surface area contributed by atoms with E-state index in [-0.39, 0.29) is 12.0 Å². The Bertz CT molecular complexity index is 482. The third-order valence-electron chi connectivity index (χ3n) is 3.93. The van der Waals surface area contributed by atoms with Crippen molar-refractivity contribution in [3.8, 4) is 17.6 Å². The van der Waals surface area contributed by atoms with Crippen LogP contribution in [0.5, 0.6) is 11.5 Å². The number of nitrogens with one attached hydrogen (secondary N) is 1. The van der Waals surface area contributed by atoms with E-state index in [1.54, 1.807) is 14.2 Å². The highest BCUT2D eigenvalue weighted by Crippen LogP contribution is 2.32. The smallest absolute Gasteiger partial charge is 0.145 e. The van der Waals surface area contributed by atoms with E-state index < -0.39 is 0 Å². The monoisotopic (exact) mass is 274 g/mol. The Morgan fingerprint density at radius 3 is 2.65 bits per heavy atom. The highest BCUT2D eigenvalue weighted by Gasteiger charge is 2.24. The van der Waals surface area contributed by atoms with Crippen molar-refractivity contribution in [2.45, 2.75) is 38.1 Å². The van der Waals surface area contributed by atoms with Gasteiger partial charge in [-0.05, 0) is 25.0 Å². The summed E-state index contributed by atoms with van der Waals surface area (Å²) in [6, 6.07) is 8.37. The summed E-state index contributed by atoms with van der Waals surface area (Å²) < 4.78 is 10.6. The van der Waals surface area contributed by atoms with Crippen LogP contribution in [-0.4, -0.2) is 20.3 Å². The number of rotatable bonds is 4. The standard InChI is InChI=1S/C16H22N2O2/c1-19-13-8-9-15(16(10-13)20-2)18-14-7-5-3-4-6-12(14)11-17/h8-10,12,14,18H,3-7H2,1-2H3. The summed E-state index contributed by atoms with van der Waals surface area (Å²) in [5, 5.41) is 12.8. The van der Waals surface area contributed by atoms with Crippen LogP contribution in [0.1, 0.15) is 32.1 Å². The Kier molecular flexibility index (Phi) is 5.11. The van der Waals surface area contributed by atoms with Crippen molar-refractivity contribution in [2.24, 2.45) is 5.92 Å². The molecular weight excluding hydrogens is 252 g/mol. The average Bonchev–Trinajstić information content (AvgIpc) is 2.72. The van der Waals surface area contributed by atoms with Gasteiger partial charge in [0.1, 0.15) is 11.5 Å². The van der Waals surface area contributed by atoms with E-state index in [1.165, 1.54) is 12.8 Å². The van der Waals surface area contributed by atoms with Crippen LogP contribution in [0.4, 0.5) is 5.69 Å². The SMILES string of the molecule is COc1ccc(NC2CCCCCC2C#N)c(OC)c1. The Morgan fingerprint density at radius 2 is 1.95 bits per heavy atom. The van der Waals surface area contributed by atoms with Gasteiger partial charge in [0.15, 0.2) is 0 Å². The summed E-state index contributed by atoms with van der Waals surface area (Å²) in [6.45, 7) is 0. The molecule has 1 aromatic rings. The van der Waals surface area contributed by atoms with E-state index in [9.17, 15) is 5.26 Å². The number of hydrogen-bond acceptors (Lipinski definition) is 4. The van der Waals surface area contributed by atoms with Gasteiger partial charge in [-0.2, -0.15) is 5.26 Å². The van der Waals surface area contributed by atoms with Crippen LogP contribution >= 0.6 is 0 Å². The van der Waals surface area contributed by atoms with Crippen LogP contribution in [-0.2, 0) is 0 Å². The van der Waals surface area contributed by atoms with Crippen molar-refractivity contribution in [1.82, 2.24) is 0 Å². The van der Waals surface area contributed by atoms with Gasteiger partial charge >= 0.3 is 0 Å². The molecule has 1 N–H and O–H groups in total. The highest BCUT2D eigenvalue weighted by atomic mass is 16.5. The molecule has 0 saturated heterocycles. The van der Waals surface area contributed by atoms with E-state index in [0.717, 1.165) is 36.4 Å². The molecule has 1 saturated carbocycles. The second-order valence-corrected chi connectivity index (χ2v) is 5.19. The molecule has 4 nitrogen and oxygen atoms in total. The van der Waals surface area contributed by atoms with Gasteiger partial charge in [0.2, 0.25) is 0 Å². The van der Waals surface area contributed by atoms with Gasteiger partial charge in [-0.25, -0.2) is 0 Å². The lowest BCUT2D eigenvalue weighted by Gasteiger charge is -2.23.